The van der Waals surface area contributed by atoms with Crippen molar-refractivity contribution in [3.05, 3.63) is 23.8 Å². The number of esters is 1. The summed E-state index contributed by atoms with van der Waals surface area (Å²) in [4.78, 5) is 12.0. The van der Waals surface area contributed by atoms with E-state index in [4.69, 9.17) is 15.2 Å². The predicted molar refractivity (Wildman–Crippen MR) is 81.2 cm³/mol. The third-order valence-corrected chi connectivity index (χ3v) is 5.57. The number of methoxy groups -OCH3 is 1. The summed E-state index contributed by atoms with van der Waals surface area (Å²) in [7, 11) is -1.93. The predicted octanol–water partition coefficient (Wildman–Crippen LogP) is 1.65. The first-order valence-electron chi connectivity index (χ1n) is 6.42. The molecule has 118 valence electrons. The Bertz CT molecular complexity index is 617. The van der Waals surface area contributed by atoms with Crippen molar-refractivity contribution in [2.45, 2.75) is 25.5 Å². The maximum atomic E-state index is 12.0. The van der Waals surface area contributed by atoms with Crippen LogP contribution in [-0.4, -0.2) is 38.6 Å². The number of rotatable bonds is 5. The Morgan fingerprint density at radius 1 is 1.29 bits per heavy atom. The maximum absolute atomic E-state index is 12.0. The highest BCUT2D eigenvalue weighted by Crippen LogP contribution is 2.25. The minimum Gasteiger partial charge on any atom is -0.496 e. The second-order valence-corrected chi connectivity index (χ2v) is 8.35. The Hall–Kier alpha value is -1.76. The third-order valence-electron chi connectivity index (χ3n) is 3.00. The number of nitrogens with two attached hydrogens (primary N) is 1. The highest BCUT2D eigenvalue weighted by Gasteiger charge is 2.29. The fourth-order valence-corrected chi connectivity index (χ4v) is 2.47. The Morgan fingerprint density at radius 3 is 2.43 bits per heavy atom. The van der Waals surface area contributed by atoms with Crippen molar-refractivity contribution in [1.82, 2.24) is 0 Å². The molecule has 2 N–H and O–H groups in total. The lowest BCUT2D eigenvalue weighted by molar-refractivity contribution is 0.0526. The van der Waals surface area contributed by atoms with E-state index in [0.717, 1.165) is 0 Å². The van der Waals surface area contributed by atoms with Crippen LogP contribution in [0.4, 0.5) is 5.69 Å². The number of sulfone groups is 1. The second-order valence-electron chi connectivity index (χ2n) is 5.49. The molecule has 7 heteroatoms. The van der Waals surface area contributed by atoms with Crippen molar-refractivity contribution < 1.29 is 22.7 Å². The number of hydrogen-bond donors (Lipinski definition) is 1. The minimum absolute atomic E-state index is 0.105. The molecule has 0 fully saturated rings. The zero-order valence-electron chi connectivity index (χ0n) is 12.7. The normalized spacial score (nSPS) is 12.0. The molecule has 6 nitrogen and oxygen atoms in total. The van der Waals surface area contributed by atoms with Crippen LogP contribution in [-0.2, 0) is 14.6 Å². The molecule has 0 saturated heterocycles. The van der Waals surface area contributed by atoms with E-state index in [-0.39, 0.29) is 23.6 Å². The summed E-state index contributed by atoms with van der Waals surface area (Å²) < 4.78 is 33.0. The highest BCUT2D eigenvalue weighted by molar-refractivity contribution is 7.92. The van der Waals surface area contributed by atoms with Gasteiger partial charge < -0.3 is 15.2 Å². The minimum atomic E-state index is -3.34. The monoisotopic (exact) mass is 315 g/mol. The van der Waals surface area contributed by atoms with Crippen LogP contribution in [0.2, 0.25) is 0 Å². The molecule has 1 rings (SSSR count). The molecule has 0 aliphatic rings. The number of benzene rings is 1. The summed E-state index contributed by atoms with van der Waals surface area (Å²) in [5.74, 6) is -0.648. The van der Waals surface area contributed by atoms with Gasteiger partial charge in [0, 0.05) is 5.69 Å². The largest absolute Gasteiger partial charge is 0.496 e. The lowest BCUT2D eigenvalue weighted by Crippen LogP contribution is -2.32. The fraction of sp³-hybridized carbons (Fsp3) is 0.500. The summed E-state index contributed by atoms with van der Waals surface area (Å²) in [6.07, 6.45) is 0. The van der Waals surface area contributed by atoms with Gasteiger partial charge >= 0.3 is 5.97 Å². The zero-order chi connectivity index (χ0) is 16.3. The van der Waals surface area contributed by atoms with Crippen molar-refractivity contribution in [1.29, 1.82) is 0 Å². The molecule has 0 aromatic heterocycles. The van der Waals surface area contributed by atoms with E-state index in [0.29, 0.717) is 5.75 Å². The van der Waals surface area contributed by atoms with Crippen LogP contribution in [0.3, 0.4) is 0 Å². The van der Waals surface area contributed by atoms with Gasteiger partial charge in [0.2, 0.25) is 0 Å². The molecule has 0 aliphatic heterocycles. The van der Waals surface area contributed by atoms with Gasteiger partial charge in [-0.05, 0) is 32.9 Å². The van der Waals surface area contributed by atoms with Crippen LogP contribution in [0.1, 0.15) is 31.1 Å². The average Bonchev–Trinajstić information content (AvgIpc) is 2.36. The van der Waals surface area contributed by atoms with Crippen LogP contribution >= 0.6 is 0 Å². The van der Waals surface area contributed by atoms with Gasteiger partial charge in [-0.2, -0.15) is 0 Å². The molecule has 0 bridgehead atoms. The molecule has 0 atom stereocenters. The molecular formula is C14H21NO5S. The first kappa shape index (κ1) is 17.3. The molecule has 0 aliphatic carbocycles. The number of ether oxygens (including phenoxy) is 2. The number of carbonyl (C=O) groups is 1. The van der Waals surface area contributed by atoms with Gasteiger partial charge in [0.15, 0.2) is 9.84 Å². The maximum Gasteiger partial charge on any atom is 0.344 e. The molecule has 0 heterocycles. The van der Waals surface area contributed by atoms with Gasteiger partial charge in [-0.3, -0.25) is 0 Å². The fourth-order valence-electron chi connectivity index (χ4n) is 1.56. The van der Waals surface area contributed by atoms with E-state index >= 15 is 0 Å². The first-order valence-corrected chi connectivity index (χ1v) is 8.07. The van der Waals surface area contributed by atoms with Crippen molar-refractivity contribution >= 4 is 21.5 Å². The number of hydrogen-bond acceptors (Lipinski definition) is 6. The molecule has 0 unspecified atom stereocenters. The van der Waals surface area contributed by atoms with E-state index in [1.54, 1.807) is 39.0 Å². The number of nitrogen functional groups attached to an aromatic ring is 1. The standard InChI is InChI=1S/C14H21NO5S/c1-14(2,3)21(17,18)9-8-20-13(16)12-10(15)6-5-7-11(12)19-4/h5-7H,8-9,15H2,1-4H3. The van der Waals surface area contributed by atoms with Gasteiger partial charge in [0.05, 0.1) is 17.6 Å². The van der Waals surface area contributed by atoms with Crippen LogP contribution < -0.4 is 10.5 Å². The molecule has 0 radical (unpaired) electrons. The van der Waals surface area contributed by atoms with Crippen LogP contribution in [0, 0.1) is 0 Å². The zero-order valence-corrected chi connectivity index (χ0v) is 13.5. The van der Waals surface area contributed by atoms with Crippen molar-refractivity contribution in [2.75, 3.05) is 25.2 Å². The molecule has 1 aromatic carbocycles. The molecule has 0 spiro atoms. The summed E-state index contributed by atoms with van der Waals surface area (Å²) in [5.41, 5.74) is 6.05. The van der Waals surface area contributed by atoms with Crippen LogP contribution in [0.5, 0.6) is 5.75 Å². The van der Waals surface area contributed by atoms with Gasteiger partial charge in [-0.15, -0.1) is 0 Å². The van der Waals surface area contributed by atoms with Gasteiger partial charge in [0.1, 0.15) is 17.9 Å². The Balaban J connectivity index is 2.77. The smallest absolute Gasteiger partial charge is 0.344 e. The summed E-state index contributed by atoms with van der Waals surface area (Å²) in [6.45, 7) is 4.57. The second kappa shape index (κ2) is 6.34. The van der Waals surface area contributed by atoms with E-state index in [1.807, 2.05) is 0 Å². The molecule has 0 saturated carbocycles. The average molecular weight is 315 g/mol. The van der Waals surface area contributed by atoms with E-state index in [1.165, 1.54) is 7.11 Å². The molecule has 0 amide bonds. The number of carbonyl (C=O) groups excluding carboxylic acids is 1. The molecule has 1 aromatic rings. The Kier molecular flexibility index (Phi) is 5.22. The van der Waals surface area contributed by atoms with Gasteiger partial charge in [-0.25, -0.2) is 13.2 Å². The topological polar surface area (TPSA) is 95.7 Å². The molecular weight excluding hydrogens is 294 g/mol. The number of anilines is 1. The van der Waals surface area contributed by atoms with Crippen molar-refractivity contribution in [2.24, 2.45) is 0 Å². The van der Waals surface area contributed by atoms with Crippen molar-refractivity contribution in [3.63, 3.8) is 0 Å². The van der Waals surface area contributed by atoms with Gasteiger partial charge in [0.25, 0.3) is 0 Å². The lowest BCUT2D eigenvalue weighted by Gasteiger charge is -2.19. The highest BCUT2D eigenvalue weighted by atomic mass is 32.2. The Morgan fingerprint density at radius 2 is 1.90 bits per heavy atom. The van der Waals surface area contributed by atoms with Crippen LogP contribution in [0.25, 0.3) is 0 Å². The third kappa shape index (κ3) is 4.10. The van der Waals surface area contributed by atoms with E-state index < -0.39 is 20.6 Å². The summed E-state index contributed by atoms with van der Waals surface area (Å²) in [5, 5.41) is 0. The SMILES string of the molecule is COc1cccc(N)c1C(=O)OCCS(=O)(=O)C(C)(C)C. The quantitative estimate of drug-likeness (QED) is 0.655. The Labute approximate surface area is 125 Å². The van der Waals surface area contributed by atoms with E-state index in [2.05, 4.69) is 0 Å². The van der Waals surface area contributed by atoms with Crippen LogP contribution in [0.15, 0.2) is 18.2 Å². The molecule has 21 heavy (non-hydrogen) atoms. The summed E-state index contributed by atoms with van der Waals surface area (Å²) in [6, 6.07) is 4.78. The lowest BCUT2D eigenvalue weighted by atomic mass is 10.1. The van der Waals surface area contributed by atoms with E-state index in [9.17, 15) is 13.2 Å². The summed E-state index contributed by atoms with van der Waals surface area (Å²) >= 11 is 0. The van der Waals surface area contributed by atoms with Gasteiger partial charge in [-0.1, -0.05) is 6.07 Å². The van der Waals surface area contributed by atoms with Crippen molar-refractivity contribution in [3.8, 4) is 5.75 Å². The first-order chi connectivity index (χ1) is 9.60.